The van der Waals surface area contributed by atoms with Crippen molar-refractivity contribution in [1.29, 1.82) is 0 Å². The molecule has 9 heteroatoms. The quantitative estimate of drug-likeness (QED) is 0.553. The van der Waals surface area contributed by atoms with Gasteiger partial charge in [0.2, 0.25) is 0 Å². The van der Waals surface area contributed by atoms with E-state index in [4.69, 9.17) is 9.47 Å². The topological polar surface area (TPSA) is 64.6 Å². The smallest absolute Gasteiger partial charge is 0.416 e. The SMILES string of the molecule is COc1cc(SC)ccc1C(=O)O[C@@H](C)C(=O)Nc1ccc(C(F)(F)F)cc1. The van der Waals surface area contributed by atoms with Gasteiger partial charge in [-0.05, 0) is 55.6 Å². The highest BCUT2D eigenvalue weighted by molar-refractivity contribution is 7.98. The van der Waals surface area contributed by atoms with Gasteiger partial charge in [-0.25, -0.2) is 4.79 Å². The second-order valence-electron chi connectivity index (χ2n) is 5.68. The van der Waals surface area contributed by atoms with Crippen molar-refractivity contribution < 1.29 is 32.2 Å². The molecule has 0 saturated heterocycles. The monoisotopic (exact) mass is 413 g/mol. The zero-order chi connectivity index (χ0) is 20.9. The van der Waals surface area contributed by atoms with Gasteiger partial charge in [0.15, 0.2) is 6.10 Å². The number of amides is 1. The van der Waals surface area contributed by atoms with Gasteiger partial charge in [0, 0.05) is 10.6 Å². The Morgan fingerprint density at radius 1 is 1.11 bits per heavy atom. The number of hydrogen-bond donors (Lipinski definition) is 1. The van der Waals surface area contributed by atoms with Gasteiger partial charge in [-0.3, -0.25) is 4.79 Å². The summed E-state index contributed by atoms with van der Waals surface area (Å²) in [6.45, 7) is 1.36. The average Bonchev–Trinajstić information content (AvgIpc) is 2.66. The molecule has 0 unspecified atom stereocenters. The van der Waals surface area contributed by atoms with E-state index in [0.717, 1.165) is 29.2 Å². The molecular formula is C19H18F3NO4S. The maximum atomic E-state index is 12.6. The molecule has 0 spiro atoms. The van der Waals surface area contributed by atoms with Crippen LogP contribution in [0.2, 0.25) is 0 Å². The molecule has 28 heavy (non-hydrogen) atoms. The molecule has 1 N–H and O–H groups in total. The highest BCUT2D eigenvalue weighted by atomic mass is 32.2. The van der Waals surface area contributed by atoms with Crippen molar-refractivity contribution in [2.24, 2.45) is 0 Å². The molecule has 1 amide bonds. The zero-order valence-electron chi connectivity index (χ0n) is 15.3. The number of anilines is 1. The van der Waals surface area contributed by atoms with E-state index in [2.05, 4.69) is 5.32 Å². The molecule has 1 atom stereocenters. The van der Waals surface area contributed by atoms with E-state index in [0.29, 0.717) is 5.75 Å². The number of alkyl halides is 3. The number of esters is 1. The van der Waals surface area contributed by atoms with Gasteiger partial charge in [-0.15, -0.1) is 11.8 Å². The molecule has 2 aromatic rings. The maximum Gasteiger partial charge on any atom is 0.416 e. The summed E-state index contributed by atoms with van der Waals surface area (Å²) in [4.78, 5) is 25.4. The molecule has 0 bridgehead atoms. The van der Waals surface area contributed by atoms with E-state index in [-0.39, 0.29) is 11.3 Å². The average molecular weight is 413 g/mol. The third kappa shape index (κ3) is 5.41. The molecule has 5 nitrogen and oxygen atoms in total. The standard InChI is InChI=1S/C19H18F3NO4S/c1-11(17(24)23-13-6-4-12(5-7-13)19(20,21)22)27-18(25)15-9-8-14(28-3)10-16(15)26-2/h4-11H,1-3H3,(H,23,24)/t11-/m0/s1. The van der Waals surface area contributed by atoms with Crippen LogP contribution in [0.3, 0.4) is 0 Å². The van der Waals surface area contributed by atoms with Crippen molar-refractivity contribution in [1.82, 2.24) is 0 Å². The van der Waals surface area contributed by atoms with Crippen LogP contribution in [0.4, 0.5) is 18.9 Å². The van der Waals surface area contributed by atoms with Crippen molar-refractivity contribution >= 4 is 29.3 Å². The Morgan fingerprint density at radius 3 is 2.29 bits per heavy atom. The maximum absolute atomic E-state index is 12.6. The molecule has 0 aliphatic rings. The first kappa shape index (κ1) is 21.6. The molecule has 0 radical (unpaired) electrons. The molecule has 0 fully saturated rings. The molecular weight excluding hydrogens is 395 g/mol. The first-order valence-corrected chi connectivity index (χ1v) is 9.29. The van der Waals surface area contributed by atoms with Crippen molar-refractivity contribution in [2.75, 3.05) is 18.7 Å². The van der Waals surface area contributed by atoms with E-state index >= 15 is 0 Å². The van der Waals surface area contributed by atoms with E-state index in [1.165, 1.54) is 31.9 Å². The van der Waals surface area contributed by atoms with Gasteiger partial charge in [-0.1, -0.05) is 0 Å². The zero-order valence-corrected chi connectivity index (χ0v) is 16.1. The lowest BCUT2D eigenvalue weighted by molar-refractivity contribution is -0.137. The van der Waals surface area contributed by atoms with E-state index < -0.39 is 29.7 Å². The molecule has 0 aliphatic carbocycles. The summed E-state index contributed by atoms with van der Waals surface area (Å²) < 4.78 is 48.0. The number of halogens is 3. The Morgan fingerprint density at radius 2 is 1.75 bits per heavy atom. The van der Waals surface area contributed by atoms with Crippen LogP contribution in [0.1, 0.15) is 22.8 Å². The molecule has 0 saturated carbocycles. The Bertz CT molecular complexity index is 853. The summed E-state index contributed by atoms with van der Waals surface area (Å²) in [7, 11) is 1.41. The van der Waals surface area contributed by atoms with Crippen LogP contribution in [-0.4, -0.2) is 31.3 Å². The number of rotatable bonds is 6. The minimum atomic E-state index is -4.46. The second-order valence-corrected chi connectivity index (χ2v) is 6.56. The van der Waals surface area contributed by atoms with Crippen molar-refractivity contribution in [3.05, 3.63) is 53.6 Å². The lowest BCUT2D eigenvalue weighted by Gasteiger charge is -2.15. The fraction of sp³-hybridized carbons (Fsp3) is 0.263. The lowest BCUT2D eigenvalue weighted by atomic mass is 10.2. The minimum absolute atomic E-state index is 0.155. The normalized spacial score (nSPS) is 12.2. The molecule has 2 aromatic carbocycles. The lowest BCUT2D eigenvalue weighted by Crippen LogP contribution is -2.30. The number of carbonyl (C=O) groups is 2. The second kappa shape index (κ2) is 9.01. The van der Waals surface area contributed by atoms with Crippen LogP contribution in [0, 0.1) is 0 Å². The summed E-state index contributed by atoms with van der Waals surface area (Å²) in [5, 5.41) is 2.41. The van der Waals surface area contributed by atoms with Gasteiger partial charge in [0.05, 0.1) is 12.7 Å². The van der Waals surface area contributed by atoms with Crippen LogP contribution in [0.15, 0.2) is 47.4 Å². The fourth-order valence-corrected chi connectivity index (χ4v) is 2.66. The molecule has 0 aromatic heterocycles. The Balaban J connectivity index is 2.03. The Kier molecular flexibility index (Phi) is 6.95. The van der Waals surface area contributed by atoms with E-state index in [1.54, 1.807) is 12.1 Å². The van der Waals surface area contributed by atoms with E-state index in [1.807, 2.05) is 6.26 Å². The number of hydrogen-bond acceptors (Lipinski definition) is 5. The van der Waals surface area contributed by atoms with Crippen LogP contribution < -0.4 is 10.1 Å². The Labute approximate surface area is 164 Å². The van der Waals surface area contributed by atoms with Crippen molar-refractivity contribution in [3.8, 4) is 5.75 Å². The largest absolute Gasteiger partial charge is 0.496 e. The summed E-state index contributed by atoms with van der Waals surface area (Å²) in [5.41, 5.74) is -0.511. The molecule has 0 aliphatic heterocycles. The summed E-state index contributed by atoms with van der Waals surface area (Å²) in [6, 6.07) is 8.88. The number of benzene rings is 2. The van der Waals surface area contributed by atoms with Crippen LogP contribution in [-0.2, 0) is 15.7 Å². The number of ether oxygens (including phenoxy) is 2. The van der Waals surface area contributed by atoms with Crippen LogP contribution in [0.25, 0.3) is 0 Å². The third-order valence-electron chi connectivity index (χ3n) is 3.76. The van der Waals surface area contributed by atoms with E-state index in [9.17, 15) is 22.8 Å². The van der Waals surface area contributed by atoms with Crippen LogP contribution >= 0.6 is 11.8 Å². The third-order valence-corrected chi connectivity index (χ3v) is 4.49. The highest BCUT2D eigenvalue weighted by Crippen LogP contribution is 2.30. The number of thioether (sulfide) groups is 1. The van der Waals surface area contributed by atoms with Crippen molar-refractivity contribution in [2.45, 2.75) is 24.1 Å². The summed E-state index contributed by atoms with van der Waals surface area (Å²) in [6.07, 6.45) is -3.75. The van der Waals surface area contributed by atoms with Gasteiger partial charge >= 0.3 is 12.1 Å². The van der Waals surface area contributed by atoms with Crippen LogP contribution in [0.5, 0.6) is 5.75 Å². The predicted molar refractivity (Wildman–Crippen MR) is 99.7 cm³/mol. The summed E-state index contributed by atoms with van der Waals surface area (Å²) >= 11 is 1.47. The number of carbonyl (C=O) groups excluding carboxylic acids is 2. The van der Waals surface area contributed by atoms with Gasteiger partial charge < -0.3 is 14.8 Å². The number of methoxy groups -OCH3 is 1. The Hall–Kier alpha value is -2.68. The first-order chi connectivity index (χ1) is 13.2. The van der Waals surface area contributed by atoms with Gasteiger partial charge in [-0.2, -0.15) is 13.2 Å². The summed E-state index contributed by atoms with van der Waals surface area (Å²) in [5.74, 6) is -1.11. The predicted octanol–water partition coefficient (Wildman–Crippen LogP) is 4.62. The molecule has 0 heterocycles. The van der Waals surface area contributed by atoms with Gasteiger partial charge in [0.1, 0.15) is 11.3 Å². The molecule has 150 valence electrons. The number of nitrogens with one attached hydrogen (secondary N) is 1. The first-order valence-electron chi connectivity index (χ1n) is 8.07. The highest BCUT2D eigenvalue weighted by Gasteiger charge is 2.30. The van der Waals surface area contributed by atoms with Crippen molar-refractivity contribution in [3.63, 3.8) is 0 Å². The van der Waals surface area contributed by atoms with Gasteiger partial charge in [0.25, 0.3) is 5.91 Å². The minimum Gasteiger partial charge on any atom is -0.496 e. The fourth-order valence-electron chi connectivity index (χ4n) is 2.23. The molecule has 2 rings (SSSR count).